The molecule has 0 atom stereocenters. The van der Waals surface area contributed by atoms with Crippen LogP contribution in [0.25, 0.3) is 0 Å². The number of carbonyl (C=O) groups is 1. The third kappa shape index (κ3) is 5.20. The molecule has 8 heteroatoms. The molecule has 0 unspecified atom stereocenters. The van der Waals surface area contributed by atoms with Crippen LogP contribution in [0.4, 0.5) is 0 Å². The molecule has 0 fully saturated rings. The lowest BCUT2D eigenvalue weighted by Crippen LogP contribution is -2.31. The van der Waals surface area contributed by atoms with E-state index in [1.165, 1.54) is 11.8 Å². The largest absolute Gasteiger partial charge is 0.464 e. The van der Waals surface area contributed by atoms with Crippen molar-refractivity contribution in [2.24, 2.45) is 0 Å². The fourth-order valence-corrected chi connectivity index (χ4v) is 2.30. The summed E-state index contributed by atoms with van der Waals surface area (Å²) in [6, 6.07) is 0.181. The Balaban J connectivity index is 2.64. The second-order valence-corrected chi connectivity index (χ2v) is 4.74. The highest BCUT2D eigenvalue weighted by Crippen LogP contribution is 2.18. The van der Waals surface area contributed by atoms with Crippen LogP contribution in [0, 0.1) is 0 Å². The molecule has 106 valence electrons. The molecule has 6 nitrogen and oxygen atoms in total. The van der Waals surface area contributed by atoms with Gasteiger partial charge in [-0.2, -0.15) is 15.0 Å². The Labute approximate surface area is 121 Å². The van der Waals surface area contributed by atoms with Crippen molar-refractivity contribution in [3.63, 3.8) is 0 Å². The van der Waals surface area contributed by atoms with E-state index < -0.39 is 0 Å². The number of hydrogen-bond acceptors (Lipinski definition) is 6. The summed E-state index contributed by atoms with van der Waals surface area (Å²) >= 11 is 6.99. The van der Waals surface area contributed by atoms with Crippen LogP contribution < -0.4 is 4.74 Å². The van der Waals surface area contributed by atoms with E-state index in [-0.39, 0.29) is 23.0 Å². The van der Waals surface area contributed by atoms with Crippen molar-refractivity contribution < 1.29 is 9.53 Å². The zero-order chi connectivity index (χ0) is 14.3. The first-order valence-corrected chi connectivity index (χ1v) is 7.41. The highest BCUT2D eigenvalue weighted by atomic mass is 35.5. The quantitative estimate of drug-likeness (QED) is 0.717. The van der Waals surface area contributed by atoms with Crippen LogP contribution in [0.1, 0.15) is 20.8 Å². The van der Waals surface area contributed by atoms with Gasteiger partial charge in [0.15, 0.2) is 5.16 Å². The average molecular weight is 305 g/mol. The molecule has 1 rings (SSSR count). The molecule has 0 spiro atoms. The molecule has 1 aromatic heterocycles. The SMILES string of the molecule is CCOc1nc(Cl)nc(SCC(=O)N(CC)CC)n1. The van der Waals surface area contributed by atoms with Gasteiger partial charge in [-0.05, 0) is 32.4 Å². The highest BCUT2D eigenvalue weighted by Gasteiger charge is 2.12. The number of ether oxygens (including phenoxy) is 1. The maximum Gasteiger partial charge on any atom is 0.321 e. The normalized spacial score (nSPS) is 10.3. The second-order valence-electron chi connectivity index (χ2n) is 3.46. The summed E-state index contributed by atoms with van der Waals surface area (Å²) in [6.45, 7) is 7.55. The Morgan fingerprint density at radius 3 is 2.53 bits per heavy atom. The van der Waals surface area contributed by atoms with Gasteiger partial charge < -0.3 is 9.64 Å². The van der Waals surface area contributed by atoms with Crippen molar-refractivity contribution >= 4 is 29.3 Å². The molecule has 0 bridgehead atoms. The smallest absolute Gasteiger partial charge is 0.321 e. The number of amides is 1. The molecule has 0 aliphatic heterocycles. The number of thioether (sulfide) groups is 1. The van der Waals surface area contributed by atoms with E-state index in [1.807, 2.05) is 20.8 Å². The molecule has 0 aliphatic carbocycles. The lowest BCUT2D eigenvalue weighted by atomic mass is 10.5. The molecule has 0 aliphatic rings. The first-order chi connectivity index (χ1) is 9.10. The lowest BCUT2D eigenvalue weighted by molar-refractivity contribution is -0.127. The van der Waals surface area contributed by atoms with Crippen LogP contribution in [0.2, 0.25) is 5.28 Å². The summed E-state index contributed by atoms with van der Waals surface area (Å²) in [7, 11) is 0. The minimum Gasteiger partial charge on any atom is -0.464 e. The fourth-order valence-electron chi connectivity index (χ4n) is 1.37. The van der Waals surface area contributed by atoms with Crippen molar-refractivity contribution in [3.8, 4) is 6.01 Å². The maximum atomic E-state index is 11.8. The Morgan fingerprint density at radius 1 is 1.26 bits per heavy atom. The first-order valence-electron chi connectivity index (χ1n) is 6.05. The fraction of sp³-hybridized carbons (Fsp3) is 0.636. The van der Waals surface area contributed by atoms with Crippen molar-refractivity contribution in [2.45, 2.75) is 25.9 Å². The standard InChI is InChI=1S/C11H17ClN4O2S/c1-4-16(5-2)8(17)7-19-11-14-9(12)13-10(15-11)18-6-3/h4-7H2,1-3H3. The summed E-state index contributed by atoms with van der Waals surface area (Å²) < 4.78 is 5.17. The minimum absolute atomic E-state index is 0.0458. The van der Waals surface area contributed by atoms with Crippen molar-refractivity contribution in [2.75, 3.05) is 25.4 Å². The van der Waals surface area contributed by atoms with Crippen LogP contribution in [0.3, 0.4) is 0 Å². The predicted octanol–water partition coefficient (Wildman–Crippen LogP) is 1.88. The van der Waals surface area contributed by atoms with Gasteiger partial charge in [0.25, 0.3) is 0 Å². The monoisotopic (exact) mass is 304 g/mol. The maximum absolute atomic E-state index is 11.8. The Bertz CT molecular complexity index is 429. The second kappa shape index (κ2) is 8.16. The van der Waals surface area contributed by atoms with Crippen molar-refractivity contribution in [1.29, 1.82) is 0 Å². The van der Waals surface area contributed by atoms with E-state index in [4.69, 9.17) is 16.3 Å². The molecular weight excluding hydrogens is 288 g/mol. The highest BCUT2D eigenvalue weighted by molar-refractivity contribution is 7.99. The number of nitrogens with zero attached hydrogens (tertiary/aromatic N) is 4. The summed E-state index contributed by atoms with van der Waals surface area (Å²) in [6.07, 6.45) is 0. The molecule has 19 heavy (non-hydrogen) atoms. The number of aromatic nitrogens is 3. The van der Waals surface area contributed by atoms with Crippen LogP contribution in [-0.4, -0.2) is 51.2 Å². The lowest BCUT2D eigenvalue weighted by Gasteiger charge is -2.17. The van der Waals surface area contributed by atoms with E-state index in [9.17, 15) is 4.79 Å². The topological polar surface area (TPSA) is 68.2 Å². The van der Waals surface area contributed by atoms with Gasteiger partial charge in [-0.25, -0.2) is 0 Å². The van der Waals surface area contributed by atoms with Gasteiger partial charge in [-0.15, -0.1) is 0 Å². The summed E-state index contributed by atoms with van der Waals surface area (Å²) in [5, 5.41) is 0.459. The molecule has 0 saturated carbocycles. The molecule has 0 saturated heterocycles. The van der Waals surface area contributed by atoms with Crippen LogP contribution in [-0.2, 0) is 4.79 Å². The predicted molar refractivity (Wildman–Crippen MR) is 74.7 cm³/mol. The van der Waals surface area contributed by atoms with Gasteiger partial charge in [-0.1, -0.05) is 11.8 Å². The van der Waals surface area contributed by atoms with Gasteiger partial charge in [0.2, 0.25) is 11.2 Å². The van der Waals surface area contributed by atoms with E-state index >= 15 is 0 Å². The van der Waals surface area contributed by atoms with Crippen LogP contribution in [0.5, 0.6) is 6.01 Å². The summed E-state index contributed by atoms with van der Waals surface area (Å²) in [4.78, 5) is 25.4. The van der Waals surface area contributed by atoms with Crippen LogP contribution >= 0.6 is 23.4 Å². The van der Waals surface area contributed by atoms with Crippen molar-refractivity contribution in [1.82, 2.24) is 19.9 Å². The number of carbonyl (C=O) groups excluding carboxylic acids is 1. The van der Waals surface area contributed by atoms with Crippen molar-refractivity contribution in [3.05, 3.63) is 5.28 Å². The molecule has 0 N–H and O–H groups in total. The molecule has 1 heterocycles. The number of hydrogen-bond donors (Lipinski definition) is 0. The molecule has 1 amide bonds. The Morgan fingerprint density at radius 2 is 1.95 bits per heavy atom. The van der Waals surface area contributed by atoms with Gasteiger partial charge in [0.1, 0.15) is 0 Å². The average Bonchev–Trinajstić information content (AvgIpc) is 2.37. The third-order valence-corrected chi connectivity index (χ3v) is 3.28. The van der Waals surface area contributed by atoms with E-state index in [0.29, 0.717) is 24.9 Å². The summed E-state index contributed by atoms with van der Waals surface area (Å²) in [5.41, 5.74) is 0. The third-order valence-electron chi connectivity index (χ3n) is 2.28. The Kier molecular flexibility index (Phi) is 6.86. The Hall–Kier alpha value is -1.08. The molecular formula is C11H17ClN4O2S. The van der Waals surface area contributed by atoms with Gasteiger partial charge in [-0.3, -0.25) is 4.79 Å². The van der Waals surface area contributed by atoms with E-state index in [2.05, 4.69) is 15.0 Å². The van der Waals surface area contributed by atoms with Gasteiger partial charge in [0, 0.05) is 13.1 Å². The van der Waals surface area contributed by atoms with Crippen LogP contribution in [0.15, 0.2) is 5.16 Å². The molecule has 1 aromatic rings. The summed E-state index contributed by atoms with van der Waals surface area (Å²) in [5.74, 6) is 0.317. The number of rotatable bonds is 7. The van der Waals surface area contributed by atoms with E-state index in [1.54, 1.807) is 4.90 Å². The molecule has 0 radical (unpaired) electrons. The van der Waals surface area contributed by atoms with E-state index in [0.717, 1.165) is 0 Å². The zero-order valence-corrected chi connectivity index (χ0v) is 12.8. The zero-order valence-electron chi connectivity index (χ0n) is 11.2. The molecule has 0 aromatic carbocycles. The number of halogens is 1. The van der Waals surface area contributed by atoms with Gasteiger partial charge >= 0.3 is 6.01 Å². The minimum atomic E-state index is 0.0458. The van der Waals surface area contributed by atoms with Gasteiger partial charge in [0.05, 0.1) is 12.4 Å². The first kappa shape index (κ1) is 16.0.